The average Bonchev–Trinajstić information content (AvgIpc) is 3.86. The van der Waals surface area contributed by atoms with Crippen LogP contribution in [0.3, 0.4) is 0 Å². The van der Waals surface area contributed by atoms with Crippen molar-refractivity contribution in [1.82, 2.24) is 4.98 Å². The second kappa shape index (κ2) is 10.7. The Balaban J connectivity index is 1.28. The van der Waals surface area contributed by atoms with Crippen LogP contribution in [0.25, 0.3) is 75.8 Å². The molecule has 0 fully saturated rings. The molecule has 48 heavy (non-hydrogen) atoms. The zero-order valence-electron chi connectivity index (χ0n) is 25.6. The summed E-state index contributed by atoms with van der Waals surface area (Å²) in [4.78, 5) is 7.43. The van der Waals surface area contributed by atoms with Gasteiger partial charge in [-0.05, 0) is 65.7 Å². The zero-order chi connectivity index (χ0) is 31.6. The van der Waals surface area contributed by atoms with Gasteiger partial charge < -0.3 is 13.7 Å². The molecular weight excluding hydrogens is 609 g/mol. The second-order valence-electron chi connectivity index (χ2n) is 12.0. The smallest absolute Gasteiger partial charge is 0.227 e. The fraction of sp³-hybridized carbons (Fsp3) is 0. The van der Waals surface area contributed by atoms with Gasteiger partial charge in [0.15, 0.2) is 5.58 Å². The Labute approximate surface area is 279 Å². The molecule has 0 saturated carbocycles. The summed E-state index contributed by atoms with van der Waals surface area (Å²) < 4.78 is 15.4. The molecule has 3 heterocycles. The number of benzene rings is 7. The number of furan rings is 1. The molecule has 226 valence electrons. The topological polar surface area (TPSA) is 42.4 Å². The SMILES string of the molecule is c1ccc(-c2cccc(N(c3ccc4c(c3)oc3ccccc34)c3cc4nc(-c5ccccc5)oc4c4c3sc3ccccc34)c2)cc1. The maximum absolute atomic E-state index is 6.61. The first-order valence-electron chi connectivity index (χ1n) is 16.0. The van der Waals surface area contributed by atoms with Crippen LogP contribution in [0.1, 0.15) is 0 Å². The van der Waals surface area contributed by atoms with Crippen molar-refractivity contribution in [2.75, 3.05) is 4.90 Å². The summed E-state index contributed by atoms with van der Waals surface area (Å²) in [5.41, 5.74) is 9.67. The molecule has 0 unspecified atom stereocenters. The predicted molar refractivity (Wildman–Crippen MR) is 200 cm³/mol. The number of hydrogen-bond donors (Lipinski definition) is 0. The molecule has 0 N–H and O–H groups in total. The van der Waals surface area contributed by atoms with Gasteiger partial charge in [0.2, 0.25) is 5.89 Å². The number of fused-ring (bicyclic) bond motifs is 8. The van der Waals surface area contributed by atoms with E-state index in [2.05, 4.69) is 120 Å². The molecule has 4 nitrogen and oxygen atoms in total. The van der Waals surface area contributed by atoms with E-state index in [0.717, 1.165) is 76.7 Å². The summed E-state index contributed by atoms with van der Waals surface area (Å²) in [5.74, 6) is 0.612. The van der Waals surface area contributed by atoms with E-state index in [0.29, 0.717) is 5.89 Å². The van der Waals surface area contributed by atoms with Crippen molar-refractivity contribution in [3.63, 3.8) is 0 Å². The summed E-state index contributed by atoms with van der Waals surface area (Å²) in [6.45, 7) is 0. The van der Waals surface area contributed by atoms with E-state index >= 15 is 0 Å². The highest BCUT2D eigenvalue weighted by Gasteiger charge is 2.24. The van der Waals surface area contributed by atoms with Crippen LogP contribution < -0.4 is 4.90 Å². The quantitative estimate of drug-likeness (QED) is 0.189. The lowest BCUT2D eigenvalue weighted by molar-refractivity contribution is 0.623. The van der Waals surface area contributed by atoms with Gasteiger partial charge in [0.1, 0.15) is 16.7 Å². The standard InChI is InChI=1S/C43H26N2O2S/c1-3-12-27(13-4-1)29-16-11-17-30(24-29)45(31-22-23-33-32-18-7-9-20-37(32)46-38(33)25-31)36-26-35-41(47-43(44-35)28-14-5-2-6-15-28)40-34-19-8-10-21-39(34)48-42(36)40/h1-26H. The van der Waals surface area contributed by atoms with Gasteiger partial charge in [-0.15, -0.1) is 11.3 Å². The molecule has 5 heteroatoms. The second-order valence-corrected chi connectivity index (χ2v) is 13.0. The van der Waals surface area contributed by atoms with Crippen molar-refractivity contribution < 1.29 is 8.83 Å². The Bertz CT molecular complexity index is 2790. The van der Waals surface area contributed by atoms with Gasteiger partial charge in [0.05, 0.1) is 10.4 Å². The maximum Gasteiger partial charge on any atom is 0.227 e. The number of aromatic nitrogens is 1. The first-order valence-corrected chi connectivity index (χ1v) is 16.8. The minimum atomic E-state index is 0.612. The van der Waals surface area contributed by atoms with Crippen LogP contribution in [0.2, 0.25) is 0 Å². The van der Waals surface area contributed by atoms with Crippen LogP contribution in [0.4, 0.5) is 17.1 Å². The number of nitrogens with zero attached hydrogens (tertiary/aromatic N) is 2. The lowest BCUT2D eigenvalue weighted by Crippen LogP contribution is -2.10. The van der Waals surface area contributed by atoms with E-state index in [4.69, 9.17) is 13.8 Å². The van der Waals surface area contributed by atoms with Gasteiger partial charge in [-0.25, -0.2) is 4.98 Å². The molecule has 0 bridgehead atoms. The van der Waals surface area contributed by atoms with Gasteiger partial charge in [0.25, 0.3) is 0 Å². The molecule has 0 aliphatic rings. The van der Waals surface area contributed by atoms with E-state index in [-0.39, 0.29) is 0 Å². The average molecular weight is 635 g/mol. The Kier molecular flexibility index (Phi) is 6.01. The fourth-order valence-electron chi connectivity index (χ4n) is 6.86. The summed E-state index contributed by atoms with van der Waals surface area (Å²) in [5, 5.41) is 4.44. The Hall–Kier alpha value is -6.17. The number of hydrogen-bond acceptors (Lipinski definition) is 5. The lowest BCUT2D eigenvalue weighted by atomic mass is 10.0. The molecule has 7 aromatic carbocycles. The molecule has 0 radical (unpaired) electrons. The van der Waals surface area contributed by atoms with Crippen LogP contribution in [-0.4, -0.2) is 4.98 Å². The highest BCUT2D eigenvalue weighted by molar-refractivity contribution is 7.26. The number of para-hydroxylation sites is 1. The van der Waals surface area contributed by atoms with Crippen LogP contribution in [0, 0.1) is 0 Å². The van der Waals surface area contributed by atoms with Crippen LogP contribution in [0.15, 0.2) is 167 Å². The molecule has 10 aromatic rings. The van der Waals surface area contributed by atoms with Crippen molar-refractivity contribution in [3.8, 4) is 22.6 Å². The van der Waals surface area contributed by atoms with Gasteiger partial charge in [-0.1, -0.05) is 97.1 Å². The molecule has 0 atom stereocenters. The van der Waals surface area contributed by atoms with E-state index in [1.165, 1.54) is 10.3 Å². The molecule has 0 saturated heterocycles. The summed E-state index contributed by atoms with van der Waals surface area (Å²) in [6.07, 6.45) is 0. The molecular formula is C43H26N2O2S. The van der Waals surface area contributed by atoms with Crippen molar-refractivity contribution in [1.29, 1.82) is 0 Å². The van der Waals surface area contributed by atoms with Crippen LogP contribution in [-0.2, 0) is 0 Å². The van der Waals surface area contributed by atoms with Gasteiger partial charge in [-0.3, -0.25) is 0 Å². The van der Waals surface area contributed by atoms with E-state index < -0.39 is 0 Å². The maximum atomic E-state index is 6.61. The molecule has 3 aromatic heterocycles. The zero-order valence-corrected chi connectivity index (χ0v) is 26.4. The minimum Gasteiger partial charge on any atom is -0.456 e. The monoisotopic (exact) mass is 634 g/mol. The van der Waals surface area contributed by atoms with Crippen molar-refractivity contribution in [2.24, 2.45) is 0 Å². The van der Waals surface area contributed by atoms with Gasteiger partial charge in [-0.2, -0.15) is 0 Å². The molecule has 10 rings (SSSR count). The number of thiophene rings is 1. The summed E-state index contributed by atoms with van der Waals surface area (Å²) in [7, 11) is 0. The largest absolute Gasteiger partial charge is 0.456 e. The third-order valence-corrected chi connectivity index (χ3v) is 10.3. The first-order chi connectivity index (χ1) is 23.8. The highest BCUT2D eigenvalue weighted by Crippen LogP contribution is 2.49. The van der Waals surface area contributed by atoms with Crippen LogP contribution >= 0.6 is 11.3 Å². The summed E-state index contributed by atoms with van der Waals surface area (Å²) in [6, 6.07) is 54.9. The third kappa shape index (κ3) is 4.25. The minimum absolute atomic E-state index is 0.612. The Morgan fingerprint density at radius 2 is 1.19 bits per heavy atom. The first kappa shape index (κ1) is 27.0. The van der Waals surface area contributed by atoms with Crippen LogP contribution in [0.5, 0.6) is 0 Å². The van der Waals surface area contributed by atoms with Gasteiger partial charge in [0, 0.05) is 49.2 Å². The van der Waals surface area contributed by atoms with E-state index in [1.807, 2.05) is 42.5 Å². The van der Waals surface area contributed by atoms with E-state index in [9.17, 15) is 0 Å². The lowest BCUT2D eigenvalue weighted by Gasteiger charge is -2.26. The van der Waals surface area contributed by atoms with Gasteiger partial charge >= 0.3 is 0 Å². The molecule has 0 aliphatic heterocycles. The Morgan fingerprint density at radius 3 is 2.04 bits per heavy atom. The van der Waals surface area contributed by atoms with Crippen molar-refractivity contribution in [2.45, 2.75) is 0 Å². The summed E-state index contributed by atoms with van der Waals surface area (Å²) >= 11 is 1.78. The number of rotatable bonds is 5. The van der Waals surface area contributed by atoms with Crippen molar-refractivity contribution >= 4 is 81.6 Å². The number of oxazole rings is 1. The molecule has 0 aliphatic carbocycles. The normalized spacial score (nSPS) is 11.8. The van der Waals surface area contributed by atoms with E-state index in [1.54, 1.807) is 11.3 Å². The number of anilines is 3. The third-order valence-electron chi connectivity index (χ3n) is 9.08. The van der Waals surface area contributed by atoms with Crippen molar-refractivity contribution in [3.05, 3.63) is 158 Å². The molecule has 0 spiro atoms. The highest BCUT2D eigenvalue weighted by atomic mass is 32.1. The fourth-order valence-corrected chi connectivity index (χ4v) is 8.07. The Morgan fingerprint density at radius 1 is 0.500 bits per heavy atom. The molecule has 0 amide bonds. The predicted octanol–water partition coefficient (Wildman–Crippen LogP) is 12.9.